The van der Waals surface area contributed by atoms with Gasteiger partial charge < -0.3 is 10.6 Å². The molecule has 3 N–H and O–H groups in total. The summed E-state index contributed by atoms with van der Waals surface area (Å²) in [6.45, 7) is 6.57. The Hall–Kier alpha value is -1.94. The Bertz CT molecular complexity index is 817. The minimum absolute atomic E-state index is 0. The van der Waals surface area contributed by atoms with E-state index >= 15 is 0 Å². The van der Waals surface area contributed by atoms with Crippen LogP contribution in [0.2, 0.25) is 0 Å². The molecule has 1 atom stereocenters. The highest BCUT2D eigenvalue weighted by Gasteiger charge is 2.07. The number of thiophene rings is 1. The summed E-state index contributed by atoms with van der Waals surface area (Å²) in [6.07, 6.45) is 1.52. The fraction of sp³-hybridized carbons (Fsp3) is 0.316. The Kier molecular flexibility index (Phi) is 8.73. The van der Waals surface area contributed by atoms with Crippen LogP contribution in [-0.4, -0.2) is 34.2 Å². The number of aliphatic imine (C=N–C) groups is 1. The van der Waals surface area contributed by atoms with Crippen molar-refractivity contribution in [2.75, 3.05) is 13.1 Å². The van der Waals surface area contributed by atoms with Crippen molar-refractivity contribution in [3.8, 4) is 11.4 Å². The molecule has 27 heavy (non-hydrogen) atoms. The molecule has 1 unspecified atom stereocenters. The lowest BCUT2D eigenvalue weighted by Gasteiger charge is -2.15. The van der Waals surface area contributed by atoms with Gasteiger partial charge in [-0.05, 0) is 46.9 Å². The molecular weight excluding hydrogens is 471 g/mol. The van der Waals surface area contributed by atoms with Crippen LogP contribution in [0.15, 0.2) is 52.4 Å². The summed E-state index contributed by atoms with van der Waals surface area (Å²) in [5.74, 6) is 2.05. The van der Waals surface area contributed by atoms with Gasteiger partial charge in [-0.25, -0.2) is 9.98 Å². The van der Waals surface area contributed by atoms with Crippen molar-refractivity contribution >= 4 is 41.3 Å². The standard InChI is InChI=1S/C19H24N6S.HI/c1-3-20-19(21-10-14(2)17-7-8-26-12-17)22-11-15-5-4-6-16(9-15)18-23-13-24-25-18;/h4-9,12-14H,3,10-11H2,1-2H3,(H2,20,21,22)(H,23,24,25);1H. The molecule has 0 saturated heterocycles. The molecule has 2 heterocycles. The molecule has 0 spiro atoms. The van der Waals surface area contributed by atoms with E-state index in [1.165, 1.54) is 11.9 Å². The lowest BCUT2D eigenvalue weighted by Crippen LogP contribution is -2.39. The fourth-order valence-corrected chi connectivity index (χ4v) is 3.38. The molecule has 144 valence electrons. The number of H-pyrrole nitrogens is 1. The largest absolute Gasteiger partial charge is 0.357 e. The predicted octanol–water partition coefficient (Wildman–Crippen LogP) is 4.01. The lowest BCUT2D eigenvalue weighted by molar-refractivity contribution is 0.701. The lowest BCUT2D eigenvalue weighted by atomic mass is 10.1. The molecule has 6 nitrogen and oxygen atoms in total. The molecule has 8 heteroatoms. The van der Waals surface area contributed by atoms with Crippen molar-refractivity contribution in [3.63, 3.8) is 0 Å². The van der Waals surface area contributed by atoms with Gasteiger partial charge in [0.05, 0.1) is 6.54 Å². The average Bonchev–Trinajstić information content (AvgIpc) is 3.38. The number of hydrogen-bond donors (Lipinski definition) is 3. The number of guanidine groups is 1. The number of nitrogens with one attached hydrogen (secondary N) is 3. The summed E-state index contributed by atoms with van der Waals surface area (Å²) < 4.78 is 0. The Labute approximate surface area is 180 Å². The van der Waals surface area contributed by atoms with Crippen LogP contribution in [0.4, 0.5) is 0 Å². The maximum atomic E-state index is 4.71. The van der Waals surface area contributed by atoms with Gasteiger partial charge in [-0.2, -0.15) is 16.4 Å². The first-order chi connectivity index (χ1) is 12.8. The summed E-state index contributed by atoms with van der Waals surface area (Å²) in [6, 6.07) is 10.4. The summed E-state index contributed by atoms with van der Waals surface area (Å²) in [7, 11) is 0. The van der Waals surface area contributed by atoms with Gasteiger partial charge in [0, 0.05) is 18.7 Å². The van der Waals surface area contributed by atoms with Crippen LogP contribution in [0.5, 0.6) is 0 Å². The summed E-state index contributed by atoms with van der Waals surface area (Å²) in [5, 5.41) is 17.9. The third kappa shape index (κ3) is 6.31. The SMILES string of the molecule is CCNC(=NCc1cccc(-c2ncn[nH]2)c1)NCC(C)c1ccsc1.I. The van der Waals surface area contributed by atoms with Crippen molar-refractivity contribution in [1.82, 2.24) is 25.8 Å². The molecular formula is C19H25IN6S. The van der Waals surface area contributed by atoms with Crippen LogP contribution in [0.3, 0.4) is 0 Å². The second-order valence-electron chi connectivity index (χ2n) is 6.07. The van der Waals surface area contributed by atoms with Crippen LogP contribution in [0.1, 0.15) is 30.9 Å². The number of hydrogen-bond acceptors (Lipinski definition) is 4. The maximum Gasteiger partial charge on any atom is 0.191 e. The molecule has 0 saturated carbocycles. The number of aromatic nitrogens is 3. The fourth-order valence-electron chi connectivity index (χ4n) is 2.60. The number of benzene rings is 1. The van der Waals surface area contributed by atoms with Gasteiger partial charge in [-0.15, -0.1) is 24.0 Å². The first-order valence-corrected chi connectivity index (χ1v) is 9.69. The van der Waals surface area contributed by atoms with Gasteiger partial charge in [0.1, 0.15) is 6.33 Å². The van der Waals surface area contributed by atoms with E-state index in [1.807, 2.05) is 12.1 Å². The number of aromatic amines is 1. The minimum atomic E-state index is 0. The van der Waals surface area contributed by atoms with Crippen molar-refractivity contribution in [3.05, 3.63) is 58.5 Å². The van der Waals surface area contributed by atoms with Gasteiger partial charge in [-0.3, -0.25) is 5.10 Å². The van der Waals surface area contributed by atoms with Gasteiger partial charge in [0.2, 0.25) is 0 Å². The van der Waals surface area contributed by atoms with Crippen molar-refractivity contribution in [1.29, 1.82) is 0 Å². The first kappa shape index (κ1) is 21.4. The molecule has 0 aliphatic heterocycles. The zero-order valence-electron chi connectivity index (χ0n) is 15.5. The third-order valence-corrected chi connectivity index (χ3v) is 4.77. The minimum Gasteiger partial charge on any atom is -0.357 e. The molecule has 2 aromatic heterocycles. The first-order valence-electron chi connectivity index (χ1n) is 8.75. The number of nitrogens with zero attached hydrogens (tertiary/aromatic N) is 3. The second-order valence-corrected chi connectivity index (χ2v) is 6.85. The topological polar surface area (TPSA) is 78.0 Å². The average molecular weight is 496 g/mol. The van der Waals surface area contributed by atoms with E-state index in [0.29, 0.717) is 12.5 Å². The van der Waals surface area contributed by atoms with Gasteiger partial charge in [0.25, 0.3) is 0 Å². The third-order valence-electron chi connectivity index (χ3n) is 4.07. The molecule has 1 aromatic carbocycles. The van der Waals surface area contributed by atoms with Gasteiger partial charge in [0.15, 0.2) is 11.8 Å². The highest BCUT2D eigenvalue weighted by atomic mass is 127. The molecule has 0 bridgehead atoms. The summed E-state index contributed by atoms with van der Waals surface area (Å²) in [5.41, 5.74) is 3.50. The van der Waals surface area contributed by atoms with E-state index in [0.717, 1.165) is 36.0 Å². The predicted molar refractivity (Wildman–Crippen MR) is 123 cm³/mol. The molecule has 0 aliphatic rings. The van der Waals surface area contributed by atoms with E-state index in [4.69, 9.17) is 4.99 Å². The number of halogens is 1. The number of rotatable bonds is 7. The normalized spacial score (nSPS) is 12.3. The van der Waals surface area contributed by atoms with Crippen molar-refractivity contribution < 1.29 is 0 Å². The van der Waals surface area contributed by atoms with Crippen LogP contribution < -0.4 is 10.6 Å². The highest BCUT2D eigenvalue weighted by molar-refractivity contribution is 14.0. The Morgan fingerprint density at radius 1 is 1.30 bits per heavy atom. The zero-order chi connectivity index (χ0) is 18.2. The van der Waals surface area contributed by atoms with Crippen LogP contribution in [0, 0.1) is 0 Å². The van der Waals surface area contributed by atoms with Crippen molar-refractivity contribution in [2.45, 2.75) is 26.3 Å². The van der Waals surface area contributed by atoms with Gasteiger partial charge in [-0.1, -0.05) is 25.1 Å². The maximum absolute atomic E-state index is 4.71. The molecule has 3 rings (SSSR count). The quantitative estimate of drug-likeness (QED) is 0.263. The van der Waals surface area contributed by atoms with Crippen LogP contribution >= 0.6 is 35.3 Å². The van der Waals surface area contributed by atoms with Gasteiger partial charge >= 0.3 is 0 Å². The summed E-state index contributed by atoms with van der Waals surface area (Å²) in [4.78, 5) is 8.91. The van der Waals surface area contributed by atoms with Crippen LogP contribution in [-0.2, 0) is 6.54 Å². The smallest absolute Gasteiger partial charge is 0.191 e. The Morgan fingerprint density at radius 2 is 2.19 bits per heavy atom. The molecule has 0 aliphatic carbocycles. The molecule has 0 amide bonds. The summed E-state index contributed by atoms with van der Waals surface area (Å²) >= 11 is 1.73. The molecule has 0 fully saturated rings. The highest BCUT2D eigenvalue weighted by Crippen LogP contribution is 2.17. The van der Waals surface area contributed by atoms with E-state index in [2.05, 4.69) is 68.6 Å². The van der Waals surface area contributed by atoms with E-state index < -0.39 is 0 Å². The zero-order valence-corrected chi connectivity index (χ0v) is 18.6. The van der Waals surface area contributed by atoms with E-state index in [1.54, 1.807) is 11.3 Å². The Morgan fingerprint density at radius 3 is 2.89 bits per heavy atom. The molecule has 3 aromatic rings. The Balaban J connectivity index is 0.00000261. The van der Waals surface area contributed by atoms with E-state index in [-0.39, 0.29) is 24.0 Å². The van der Waals surface area contributed by atoms with E-state index in [9.17, 15) is 0 Å². The second kappa shape index (κ2) is 11.0. The van der Waals surface area contributed by atoms with Crippen molar-refractivity contribution in [2.24, 2.45) is 4.99 Å². The molecule has 0 radical (unpaired) electrons. The van der Waals surface area contributed by atoms with Crippen LogP contribution in [0.25, 0.3) is 11.4 Å². The monoisotopic (exact) mass is 496 g/mol.